The van der Waals surface area contributed by atoms with Crippen molar-refractivity contribution >= 4 is 39.9 Å². The lowest BCUT2D eigenvalue weighted by molar-refractivity contribution is -0.116. The molecule has 0 unspecified atom stereocenters. The fourth-order valence-corrected chi connectivity index (χ4v) is 5.43. The van der Waals surface area contributed by atoms with Gasteiger partial charge >= 0.3 is 0 Å². The van der Waals surface area contributed by atoms with E-state index in [1.165, 1.54) is 4.88 Å². The van der Waals surface area contributed by atoms with Gasteiger partial charge in [0.1, 0.15) is 6.04 Å². The number of nitrogens with two attached hydrogens (primary N) is 1. The van der Waals surface area contributed by atoms with Gasteiger partial charge in [0.15, 0.2) is 5.78 Å². The van der Waals surface area contributed by atoms with Crippen LogP contribution in [0, 0.1) is 0 Å². The molecule has 7 nitrogen and oxygen atoms in total. The predicted octanol–water partition coefficient (Wildman–Crippen LogP) is 3.89. The van der Waals surface area contributed by atoms with Crippen LogP contribution in [0.25, 0.3) is 10.9 Å². The van der Waals surface area contributed by atoms with Crippen LogP contribution in [0.2, 0.25) is 0 Å². The number of fused-ring (bicyclic) bond motifs is 2. The highest BCUT2D eigenvalue weighted by molar-refractivity contribution is 7.10. The summed E-state index contributed by atoms with van der Waals surface area (Å²) in [5, 5.41) is 10.8. The molecule has 2 atom stereocenters. The Morgan fingerprint density at radius 1 is 1.13 bits per heavy atom. The van der Waals surface area contributed by atoms with E-state index < -0.39 is 0 Å². The van der Waals surface area contributed by atoms with E-state index in [2.05, 4.69) is 31.8 Å². The van der Waals surface area contributed by atoms with Crippen LogP contribution in [-0.4, -0.2) is 25.5 Å². The minimum absolute atomic E-state index is 0.132. The lowest BCUT2D eigenvalue weighted by atomic mass is 9.79. The molecule has 1 aliphatic heterocycles. The molecule has 2 aliphatic rings. The van der Waals surface area contributed by atoms with Crippen LogP contribution < -0.4 is 11.1 Å². The normalized spacial score (nSPS) is 20.7. The SMILES string of the molecule is Nc1nc2n(n1)[C@@H](c1ccnc3ccccc13)C1=C(C[C@@H](c3cccs3)CC1=O)N2. The average Bonchev–Trinajstić information content (AvgIpc) is 3.41. The molecular weight excluding hydrogens is 396 g/mol. The molecule has 0 saturated heterocycles. The molecule has 1 aromatic carbocycles. The molecule has 3 aromatic heterocycles. The summed E-state index contributed by atoms with van der Waals surface area (Å²) >= 11 is 1.70. The third-order valence-corrected chi connectivity index (χ3v) is 6.89. The van der Waals surface area contributed by atoms with Crippen LogP contribution >= 0.6 is 11.3 Å². The zero-order valence-electron chi connectivity index (χ0n) is 15.9. The third kappa shape index (κ3) is 2.57. The van der Waals surface area contributed by atoms with Gasteiger partial charge in [-0.25, -0.2) is 4.68 Å². The van der Waals surface area contributed by atoms with E-state index in [0.29, 0.717) is 12.4 Å². The van der Waals surface area contributed by atoms with Gasteiger partial charge in [-0.2, -0.15) is 4.98 Å². The second kappa shape index (κ2) is 6.50. The van der Waals surface area contributed by atoms with Gasteiger partial charge < -0.3 is 11.1 Å². The number of hydrogen-bond acceptors (Lipinski definition) is 7. The summed E-state index contributed by atoms with van der Waals surface area (Å²) < 4.78 is 1.74. The highest BCUT2D eigenvalue weighted by atomic mass is 32.1. The highest BCUT2D eigenvalue weighted by Crippen LogP contribution is 2.45. The van der Waals surface area contributed by atoms with Crippen molar-refractivity contribution in [2.75, 3.05) is 11.1 Å². The number of Topliss-reactive ketones (excluding diaryl/α,β-unsaturated/α-hetero) is 1. The predicted molar refractivity (Wildman–Crippen MR) is 116 cm³/mol. The number of rotatable bonds is 2. The number of carbonyl (C=O) groups excluding carboxylic acids is 1. The molecule has 30 heavy (non-hydrogen) atoms. The number of nitrogens with zero attached hydrogens (tertiary/aromatic N) is 4. The van der Waals surface area contributed by atoms with Gasteiger partial charge in [-0.05, 0) is 35.6 Å². The van der Waals surface area contributed by atoms with E-state index in [0.717, 1.165) is 34.2 Å². The standard InChI is InChI=1S/C22H18N6OS/c23-21-26-22-25-16-10-12(18-6-3-9-30-18)11-17(29)19(16)20(28(22)27-21)14-7-8-24-15-5-2-1-4-13(14)15/h1-9,12,20H,10-11H2,(H3,23,25,26,27)/t12-,20+/m1/s1. The number of nitrogens with one attached hydrogen (secondary N) is 1. The molecule has 8 heteroatoms. The van der Waals surface area contributed by atoms with Gasteiger partial charge in [-0.1, -0.05) is 24.3 Å². The number of para-hydroxylation sites is 1. The van der Waals surface area contributed by atoms with Crippen molar-refractivity contribution in [3.05, 3.63) is 75.8 Å². The molecule has 4 heterocycles. The first-order chi connectivity index (χ1) is 14.7. The van der Waals surface area contributed by atoms with E-state index in [4.69, 9.17) is 5.73 Å². The molecule has 0 spiro atoms. The zero-order valence-corrected chi connectivity index (χ0v) is 16.8. The zero-order chi connectivity index (χ0) is 20.2. The van der Waals surface area contributed by atoms with Crippen molar-refractivity contribution in [3.8, 4) is 0 Å². The average molecular weight is 414 g/mol. The van der Waals surface area contributed by atoms with Gasteiger partial charge in [-0.15, -0.1) is 16.4 Å². The number of carbonyl (C=O) groups is 1. The number of aromatic nitrogens is 4. The van der Waals surface area contributed by atoms with Crippen LogP contribution in [-0.2, 0) is 4.79 Å². The Kier molecular flexibility index (Phi) is 3.76. The number of hydrogen-bond donors (Lipinski definition) is 2. The van der Waals surface area contributed by atoms with Crippen LogP contribution in [0.3, 0.4) is 0 Å². The Balaban J connectivity index is 1.56. The topological polar surface area (TPSA) is 98.7 Å². The Labute approximate surface area is 176 Å². The summed E-state index contributed by atoms with van der Waals surface area (Å²) in [6.45, 7) is 0. The number of benzene rings is 1. The largest absolute Gasteiger partial charge is 0.366 e. The Morgan fingerprint density at radius 3 is 2.90 bits per heavy atom. The molecule has 1 aliphatic carbocycles. The summed E-state index contributed by atoms with van der Waals surface area (Å²) in [5.74, 6) is 1.05. The molecule has 0 fully saturated rings. The van der Waals surface area contributed by atoms with Gasteiger partial charge in [0, 0.05) is 40.1 Å². The van der Waals surface area contributed by atoms with Crippen LogP contribution in [0.15, 0.2) is 65.3 Å². The van der Waals surface area contributed by atoms with Crippen molar-refractivity contribution in [2.24, 2.45) is 0 Å². The monoisotopic (exact) mass is 414 g/mol. The minimum Gasteiger partial charge on any atom is -0.366 e. The Morgan fingerprint density at radius 2 is 2.03 bits per heavy atom. The molecule has 0 saturated carbocycles. The molecule has 148 valence electrons. The van der Waals surface area contributed by atoms with Gasteiger partial charge in [0.05, 0.1) is 5.52 Å². The van der Waals surface area contributed by atoms with Crippen LogP contribution in [0.1, 0.15) is 35.2 Å². The summed E-state index contributed by atoms with van der Waals surface area (Å²) in [7, 11) is 0. The number of anilines is 2. The number of thiophene rings is 1. The van der Waals surface area contributed by atoms with E-state index in [1.807, 2.05) is 36.4 Å². The molecule has 3 N–H and O–H groups in total. The summed E-state index contributed by atoms with van der Waals surface area (Å²) in [6, 6.07) is 13.7. The minimum atomic E-state index is -0.384. The fourth-order valence-electron chi connectivity index (χ4n) is 4.60. The number of allylic oxidation sites excluding steroid dienone is 2. The summed E-state index contributed by atoms with van der Waals surface area (Å²) in [6.07, 6.45) is 3.02. The molecule has 6 rings (SSSR count). The quantitative estimate of drug-likeness (QED) is 0.516. The second-order valence-electron chi connectivity index (χ2n) is 7.62. The first kappa shape index (κ1) is 17.3. The maximum atomic E-state index is 13.5. The Bertz CT molecular complexity index is 1320. The van der Waals surface area contributed by atoms with Crippen LogP contribution in [0.4, 0.5) is 11.9 Å². The van der Waals surface area contributed by atoms with E-state index in [9.17, 15) is 4.79 Å². The molecule has 4 aromatic rings. The maximum Gasteiger partial charge on any atom is 0.241 e. The van der Waals surface area contributed by atoms with Crippen molar-refractivity contribution in [3.63, 3.8) is 0 Å². The van der Waals surface area contributed by atoms with E-state index in [1.54, 1.807) is 22.2 Å². The molecule has 0 bridgehead atoms. The fraction of sp³-hybridized carbons (Fsp3) is 0.182. The lowest BCUT2D eigenvalue weighted by Gasteiger charge is -2.35. The second-order valence-corrected chi connectivity index (χ2v) is 8.60. The Hall–Kier alpha value is -3.52. The van der Waals surface area contributed by atoms with Crippen molar-refractivity contribution < 1.29 is 4.79 Å². The third-order valence-electron chi connectivity index (χ3n) is 5.86. The maximum absolute atomic E-state index is 13.5. The molecule has 0 amide bonds. The van der Waals surface area contributed by atoms with Crippen molar-refractivity contribution in [1.82, 2.24) is 19.7 Å². The smallest absolute Gasteiger partial charge is 0.241 e. The number of ketones is 1. The summed E-state index contributed by atoms with van der Waals surface area (Å²) in [4.78, 5) is 23.6. The van der Waals surface area contributed by atoms with Crippen LogP contribution in [0.5, 0.6) is 0 Å². The highest BCUT2D eigenvalue weighted by Gasteiger charge is 2.40. The first-order valence-corrected chi connectivity index (χ1v) is 10.7. The van der Waals surface area contributed by atoms with Gasteiger partial charge in [0.2, 0.25) is 11.9 Å². The van der Waals surface area contributed by atoms with Gasteiger partial charge in [0.25, 0.3) is 0 Å². The first-order valence-electron chi connectivity index (χ1n) is 9.81. The van der Waals surface area contributed by atoms with Crippen molar-refractivity contribution in [1.29, 1.82) is 0 Å². The summed E-state index contributed by atoms with van der Waals surface area (Å²) in [5.41, 5.74) is 9.46. The van der Waals surface area contributed by atoms with E-state index >= 15 is 0 Å². The van der Waals surface area contributed by atoms with E-state index in [-0.39, 0.29) is 23.7 Å². The molecular formula is C22H18N6OS. The molecule has 0 radical (unpaired) electrons. The van der Waals surface area contributed by atoms with Gasteiger partial charge in [-0.3, -0.25) is 9.78 Å². The van der Waals surface area contributed by atoms with Crippen molar-refractivity contribution in [2.45, 2.75) is 24.8 Å². The number of nitrogen functional groups attached to an aromatic ring is 1. The lowest BCUT2D eigenvalue weighted by Crippen LogP contribution is -2.33. The number of pyridine rings is 1.